The topological polar surface area (TPSA) is 49.7 Å². The van der Waals surface area contributed by atoms with Gasteiger partial charge in [0.05, 0.1) is 17.3 Å². The first-order valence-electron chi connectivity index (χ1n) is 8.33. The fraction of sp³-hybridized carbons (Fsp3) is 0.150. The van der Waals surface area contributed by atoms with Gasteiger partial charge in [0.2, 0.25) is 5.91 Å². The van der Waals surface area contributed by atoms with Gasteiger partial charge in [-0.2, -0.15) is 0 Å². The van der Waals surface area contributed by atoms with E-state index in [1.807, 2.05) is 12.1 Å². The number of hydrogen-bond acceptors (Lipinski definition) is 4. The molecule has 0 spiro atoms. The number of amidine groups is 1. The first-order valence-corrected chi connectivity index (χ1v) is 9.31. The van der Waals surface area contributed by atoms with Gasteiger partial charge in [0.15, 0.2) is 11.0 Å². The van der Waals surface area contributed by atoms with E-state index in [4.69, 9.17) is 0 Å². The van der Waals surface area contributed by atoms with Crippen LogP contribution in [0.4, 0.5) is 4.39 Å². The van der Waals surface area contributed by atoms with Gasteiger partial charge in [0, 0.05) is 28.9 Å². The second-order valence-electron chi connectivity index (χ2n) is 6.32. The third-order valence-corrected chi connectivity index (χ3v) is 5.84. The Morgan fingerprint density at radius 3 is 2.58 bits per heavy atom. The number of Topliss-reactive ketones (excluding diaryl/α,β-unsaturated/α-hetero) is 1. The van der Waals surface area contributed by atoms with E-state index in [2.05, 4.69) is 4.99 Å². The van der Waals surface area contributed by atoms with Crippen LogP contribution in [0.15, 0.2) is 59.1 Å². The second kappa shape index (κ2) is 5.64. The molecule has 1 amide bonds. The molecule has 6 heteroatoms. The van der Waals surface area contributed by atoms with Crippen LogP contribution in [0, 0.1) is 5.82 Å². The quantitative estimate of drug-likeness (QED) is 0.773. The Labute approximate surface area is 153 Å². The molecule has 128 valence electrons. The molecule has 1 aliphatic carbocycles. The van der Waals surface area contributed by atoms with E-state index in [0.717, 1.165) is 5.56 Å². The number of nitrogens with zero attached hydrogens (tertiary/aromatic N) is 2. The van der Waals surface area contributed by atoms with Crippen molar-refractivity contribution in [2.75, 3.05) is 5.75 Å². The van der Waals surface area contributed by atoms with E-state index in [0.29, 0.717) is 39.7 Å². The summed E-state index contributed by atoms with van der Waals surface area (Å²) in [4.78, 5) is 31.9. The van der Waals surface area contributed by atoms with Crippen LogP contribution >= 0.6 is 11.8 Å². The molecule has 4 nitrogen and oxygen atoms in total. The summed E-state index contributed by atoms with van der Waals surface area (Å²) in [6, 6.07) is 12.8. The maximum absolute atomic E-state index is 14.7. The van der Waals surface area contributed by atoms with Gasteiger partial charge >= 0.3 is 0 Å². The van der Waals surface area contributed by atoms with E-state index in [1.54, 1.807) is 30.3 Å². The van der Waals surface area contributed by atoms with E-state index in [1.165, 1.54) is 22.7 Å². The Morgan fingerprint density at radius 1 is 1.04 bits per heavy atom. The maximum atomic E-state index is 14.7. The first-order chi connectivity index (χ1) is 12.7. The molecule has 2 aromatic rings. The van der Waals surface area contributed by atoms with Gasteiger partial charge in [-0.15, -0.1) is 0 Å². The van der Waals surface area contributed by atoms with Crippen molar-refractivity contribution in [3.63, 3.8) is 0 Å². The average molecular weight is 364 g/mol. The predicted molar refractivity (Wildman–Crippen MR) is 98.2 cm³/mol. The largest absolute Gasteiger partial charge is 0.289 e. The van der Waals surface area contributed by atoms with Crippen molar-refractivity contribution in [3.8, 4) is 0 Å². The Bertz CT molecular complexity index is 1040. The number of carbonyl (C=O) groups is 2. The zero-order chi connectivity index (χ0) is 17.8. The number of halogens is 1. The van der Waals surface area contributed by atoms with Crippen molar-refractivity contribution in [2.24, 2.45) is 4.99 Å². The van der Waals surface area contributed by atoms with Gasteiger partial charge < -0.3 is 0 Å². The number of aliphatic imine (C=N–C) groups is 1. The smallest absolute Gasteiger partial charge is 0.230 e. The lowest BCUT2D eigenvalue weighted by atomic mass is 9.92. The Hall–Kier alpha value is -2.73. The van der Waals surface area contributed by atoms with Crippen LogP contribution in [0.1, 0.15) is 33.9 Å². The molecule has 0 radical (unpaired) electrons. The highest BCUT2D eigenvalue weighted by atomic mass is 32.2. The summed E-state index contributed by atoms with van der Waals surface area (Å²) in [6.45, 7) is 0. The summed E-state index contributed by atoms with van der Waals surface area (Å²) in [5, 5.41) is 0.540. The Morgan fingerprint density at radius 2 is 1.77 bits per heavy atom. The number of hydrogen-bond donors (Lipinski definition) is 0. The third kappa shape index (κ3) is 2.05. The molecule has 2 aliphatic heterocycles. The van der Waals surface area contributed by atoms with Gasteiger partial charge in [-0.05, 0) is 6.07 Å². The summed E-state index contributed by atoms with van der Waals surface area (Å²) in [6.07, 6.45) is 0.346. The summed E-state index contributed by atoms with van der Waals surface area (Å²) >= 11 is 1.47. The highest BCUT2D eigenvalue weighted by molar-refractivity contribution is 8.14. The lowest BCUT2D eigenvalue weighted by molar-refractivity contribution is -0.128. The molecular weight excluding hydrogens is 351 g/mol. The van der Waals surface area contributed by atoms with Gasteiger partial charge in [-0.25, -0.2) is 9.38 Å². The first kappa shape index (κ1) is 15.5. The minimum absolute atomic E-state index is 0.133. The van der Waals surface area contributed by atoms with E-state index in [-0.39, 0.29) is 11.7 Å². The number of ketones is 1. The summed E-state index contributed by atoms with van der Waals surface area (Å²) in [5.41, 5.74) is 2.58. The highest BCUT2D eigenvalue weighted by Gasteiger charge is 2.46. The molecule has 1 saturated heterocycles. The molecule has 0 aromatic heterocycles. The number of carbonyl (C=O) groups excluding carboxylic acids is 2. The SMILES string of the molecule is O=C1C2=C(N=C3SCCC(=O)N3[C@H]2c2ccccc2F)c2ccccc21. The molecule has 0 N–H and O–H groups in total. The van der Waals surface area contributed by atoms with Crippen LogP contribution in [-0.2, 0) is 4.79 Å². The molecule has 0 unspecified atom stereocenters. The molecule has 0 saturated carbocycles. The average Bonchev–Trinajstić information content (AvgIpc) is 2.94. The number of amides is 1. The minimum Gasteiger partial charge on any atom is -0.289 e. The van der Waals surface area contributed by atoms with Gasteiger partial charge in [0.1, 0.15) is 5.82 Å². The maximum Gasteiger partial charge on any atom is 0.230 e. The monoisotopic (exact) mass is 364 g/mol. The minimum atomic E-state index is -0.779. The number of fused-ring (bicyclic) bond motifs is 3. The Kier molecular flexibility index (Phi) is 3.37. The zero-order valence-electron chi connectivity index (χ0n) is 13.6. The van der Waals surface area contributed by atoms with Crippen LogP contribution in [0.2, 0.25) is 0 Å². The molecule has 1 atom stereocenters. The van der Waals surface area contributed by atoms with Crippen LogP contribution in [0.25, 0.3) is 5.70 Å². The van der Waals surface area contributed by atoms with Crippen LogP contribution in [0.5, 0.6) is 0 Å². The van der Waals surface area contributed by atoms with Crippen molar-refractivity contribution in [1.29, 1.82) is 0 Å². The molecule has 2 heterocycles. The zero-order valence-corrected chi connectivity index (χ0v) is 14.4. The van der Waals surface area contributed by atoms with E-state index in [9.17, 15) is 14.0 Å². The third-order valence-electron chi connectivity index (χ3n) is 4.89. The predicted octanol–water partition coefficient (Wildman–Crippen LogP) is 3.81. The van der Waals surface area contributed by atoms with Crippen LogP contribution < -0.4 is 0 Å². The molecule has 5 rings (SSSR count). The molecular formula is C20H13FN2O2S. The standard InChI is InChI=1S/C20H13FN2O2S/c21-14-8-4-3-7-13(14)18-16-17(11-5-1-2-6-12(11)19(16)25)22-20-23(18)15(24)9-10-26-20/h1-8,18H,9-10H2/t18-/m0/s1. The van der Waals surface area contributed by atoms with Crippen molar-refractivity contribution in [2.45, 2.75) is 12.5 Å². The molecule has 26 heavy (non-hydrogen) atoms. The molecule has 3 aliphatic rings. The van der Waals surface area contributed by atoms with Crippen molar-refractivity contribution in [3.05, 3.63) is 76.6 Å². The number of rotatable bonds is 1. The van der Waals surface area contributed by atoms with Gasteiger partial charge in [-0.3, -0.25) is 14.5 Å². The van der Waals surface area contributed by atoms with Gasteiger partial charge in [-0.1, -0.05) is 54.2 Å². The summed E-state index contributed by atoms with van der Waals surface area (Å²) in [5.74, 6) is -0.116. The number of benzene rings is 2. The van der Waals surface area contributed by atoms with Crippen molar-refractivity contribution < 1.29 is 14.0 Å². The lowest BCUT2D eigenvalue weighted by Crippen LogP contribution is -2.45. The number of thioether (sulfide) groups is 1. The van der Waals surface area contributed by atoms with Gasteiger partial charge in [0.25, 0.3) is 0 Å². The highest BCUT2D eigenvalue weighted by Crippen LogP contribution is 2.48. The molecule has 2 aromatic carbocycles. The van der Waals surface area contributed by atoms with E-state index < -0.39 is 11.9 Å². The molecule has 0 bridgehead atoms. The lowest BCUT2D eigenvalue weighted by Gasteiger charge is -2.38. The van der Waals surface area contributed by atoms with Crippen LogP contribution in [-0.4, -0.2) is 27.5 Å². The second-order valence-corrected chi connectivity index (χ2v) is 7.38. The van der Waals surface area contributed by atoms with E-state index >= 15 is 0 Å². The van der Waals surface area contributed by atoms with Crippen molar-refractivity contribution >= 4 is 34.3 Å². The Balaban J connectivity index is 1.79. The molecule has 1 fully saturated rings. The van der Waals surface area contributed by atoms with Crippen LogP contribution in [0.3, 0.4) is 0 Å². The fourth-order valence-electron chi connectivity index (χ4n) is 3.74. The summed E-state index contributed by atoms with van der Waals surface area (Å²) < 4.78 is 14.7. The summed E-state index contributed by atoms with van der Waals surface area (Å²) in [7, 11) is 0. The normalized spacial score (nSPS) is 21.3. The van der Waals surface area contributed by atoms with Crippen molar-refractivity contribution in [1.82, 2.24) is 4.90 Å². The fourth-order valence-corrected chi connectivity index (χ4v) is 4.70.